The summed E-state index contributed by atoms with van der Waals surface area (Å²) in [5, 5.41) is 5.75. The van der Waals surface area contributed by atoms with Crippen LogP contribution < -0.4 is 21.9 Å². The number of amides is 2. The van der Waals surface area contributed by atoms with E-state index in [1.54, 1.807) is 65.4 Å². The van der Waals surface area contributed by atoms with Crippen LogP contribution >= 0.6 is 0 Å². The van der Waals surface area contributed by atoms with E-state index in [9.17, 15) is 19.2 Å². The van der Waals surface area contributed by atoms with Crippen molar-refractivity contribution in [2.24, 2.45) is 0 Å². The summed E-state index contributed by atoms with van der Waals surface area (Å²) in [6.45, 7) is 4.57. The molecule has 10 heteroatoms. The number of hydrogen-bond donors (Lipinski definition) is 2. The number of piperidine rings is 1. The number of aromatic nitrogens is 3. The Hall–Kier alpha value is -4.57. The predicted molar refractivity (Wildman–Crippen MR) is 151 cm³/mol. The number of rotatable bonds is 7. The van der Waals surface area contributed by atoms with Gasteiger partial charge in [-0.15, -0.1) is 0 Å². The molecule has 0 atom stereocenters. The van der Waals surface area contributed by atoms with E-state index in [2.05, 4.69) is 20.5 Å². The summed E-state index contributed by atoms with van der Waals surface area (Å²) in [6, 6.07) is 14.4. The van der Waals surface area contributed by atoms with Crippen molar-refractivity contribution in [1.29, 1.82) is 0 Å². The van der Waals surface area contributed by atoms with Crippen LogP contribution in [0.15, 0.2) is 76.6 Å². The van der Waals surface area contributed by atoms with Crippen molar-refractivity contribution in [1.82, 2.24) is 19.0 Å². The molecule has 1 saturated heterocycles. The van der Waals surface area contributed by atoms with Crippen molar-refractivity contribution in [3.8, 4) is 5.69 Å². The lowest BCUT2D eigenvalue weighted by atomic mass is 10.1. The summed E-state index contributed by atoms with van der Waals surface area (Å²) >= 11 is 0. The number of Topliss-reactive ketones (excluding diaryl/α,β-unsaturated/α-hetero) is 1. The monoisotopic (exact) mass is 526 g/mol. The fraction of sp³-hybridized carbons (Fsp3) is 0.276. The van der Waals surface area contributed by atoms with Crippen LogP contribution in [0.25, 0.3) is 16.6 Å². The molecule has 1 aliphatic rings. The Labute approximate surface area is 224 Å². The van der Waals surface area contributed by atoms with Gasteiger partial charge in [-0.3, -0.25) is 19.1 Å². The summed E-state index contributed by atoms with van der Waals surface area (Å²) in [7, 11) is 0. The van der Waals surface area contributed by atoms with Crippen molar-refractivity contribution < 1.29 is 9.59 Å². The van der Waals surface area contributed by atoms with Gasteiger partial charge < -0.3 is 15.5 Å². The molecule has 200 valence electrons. The van der Waals surface area contributed by atoms with E-state index in [0.29, 0.717) is 46.6 Å². The number of benzene rings is 2. The van der Waals surface area contributed by atoms with Crippen LogP contribution in [0, 0.1) is 0 Å². The van der Waals surface area contributed by atoms with Crippen molar-refractivity contribution in [2.75, 3.05) is 30.3 Å². The summed E-state index contributed by atoms with van der Waals surface area (Å²) < 4.78 is 2.75. The number of nitrogens with zero attached hydrogens (tertiary/aromatic N) is 4. The first-order valence-electron chi connectivity index (χ1n) is 13.0. The minimum absolute atomic E-state index is 0.107. The zero-order valence-corrected chi connectivity index (χ0v) is 21.7. The molecule has 0 saturated carbocycles. The summed E-state index contributed by atoms with van der Waals surface area (Å²) in [4.78, 5) is 58.0. The Morgan fingerprint density at radius 3 is 2.38 bits per heavy atom. The van der Waals surface area contributed by atoms with Crippen molar-refractivity contribution in [3.63, 3.8) is 0 Å². The van der Waals surface area contributed by atoms with Gasteiger partial charge in [0.2, 0.25) is 0 Å². The van der Waals surface area contributed by atoms with Crippen molar-refractivity contribution in [3.05, 3.63) is 93.4 Å². The molecule has 1 aliphatic heterocycles. The van der Waals surface area contributed by atoms with Crippen LogP contribution in [-0.4, -0.2) is 50.5 Å². The molecule has 10 nitrogen and oxygen atoms in total. The molecular weight excluding hydrogens is 496 g/mol. The summed E-state index contributed by atoms with van der Waals surface area (Å²) in [5.74, 6) is -0.107. The first-order valence-corrected chi connectivity index (χ1v) is 13.0. The number of ketones is 1. The third-order valence-corrected chi connectivity index (χ3v) is 6.92. The number of carbonyl (C=O) groups is 2. The first kappa shape index (κ1) is 26.1. The van der Waals surface area contributed by atoms with Crippen LogP contribution in [0.2, 0.25) is 0 Å². The Kier molecular flexibility index (Phi) is 7.64. The zero-order valence-electron chi connectivity index (χ0n) is 21.7. The van der Waals surface area contributed by atoms with Gasteiger partial charge in [0.05, 0.1) is 22.8 Å². The molecule has 0 spiro atoms. The molecule has 5 rings (SSSR count). The number of nitrogens with one attached hydrogen (secondary N) is 2. The van der Waals surface area contributed by atoms with Crippen LogP contribution in [0.1, 0.15) is 36.5 Å². The second-order valence-corrected chi connectivity index (χ2v) is 9.64. The number of carbonyl (C=O) groups excluding carboxylic acids is 2. The highest BCUT2D eigenvalue weighted by Gasteiger charge is 2.17. The highest BCUT2D eigenvalue weighted by atomic mass is 16.2. The molecule has 2 aromatic heterocycles. The minimum Gasteiger partial charge on any atom is -0.308 e. The SMILES string of the molecule is CC(=O)c1cccc(NC(=O)Nc2ccc3c(c2)c(=O)n(-c2cccnc2)c(=O)n3CCN2CCCCC2)c1. The Morgan fingerprint density at radius 1 is 0.897 bits per heavy atom. The molecule has 0 aliphatic carbocycles. The number of urea groups is 1. The smallest absolute Gasteiger partial charge is 0.308 e. The van der Waals surface area contributed by atoms with Gasteiger partial charge >= 0.3 is 11.7 Å². The van der Waals surface area contributed by atoms with Gasteiger partial charge in [-0.2, -0.15) is 0 Å². The van der Waals surface area contributed by atoms with E-state index >= 15 is 0 Å². The molecule has 0 bridgehead atoms. The normalized spacial score (nSPS) is 13.8. The molecule has 1 fully saturated rings. The third-order valence-electron chi connectivity index (χ3n) is 6.92. The zero-order chi connectivity index (χ0) is 27.4. The Morgan fingerprint density at radius 2 is 1.67 bits per heavy atom. The van der Waals surface area contributed by atoms with Gasteiger partial charge in [0, 0.05) is 36.2 Å². The average molecular weight is 527 g/mol. The van der Waals surface area contributed by atoms with E-state index in [-0.39, 0.29) is 5.78 Å². The number of pyridine rings is 1. The Bertz CT molecular complexity index is 1640. The maximum Gasteiger partial charge on any atom is 0.336 e. The molecule has 2 N–H and O–H groups in total. The lowest BCUT2D eigenvalue weighted by molar-refractivity contribution is 0.101. The maximum absolute atomic E-state index is 13.6. The van der Waals surface area contributed by atoms with Crippen LogP contribution in [0.4, 0.5) is 16.2 Å². The molecule has 2 amide bonds. The number of hydrogen-bond acceptors (Lipinski definition) is 6. The van der Waals surface area contributed by atoms with Crippen molar-refractivity contribution >= 4 is 34.1 Å². The van der Waals surface area contributed by atoms with E-state index in [1.165, 1.54) is 19.5 Å². The number of fused-ring (bicyclic) bond motifs is 1. The second-order valence-electron chi connectivity index (χ2n) is 9.64. The molecular formula is C29H30N6O4. The number of likely N-dealkylation sites (tertiary alicyclic amines) is 1. The molecule has 0 unspecified atom stereocenters. The largest absolute Gasteiger partial charge is 0.336 e. The van der Waals surface area contributed by atoms with E-state index in [0.717, 1.165) is 30.5 Å². The molecule has 0 radical (unpaired) electrons. The molecule has 4 aromatic rings. The quantitative estimate of drug-likeness (QED) is 0.353. The van der Waals surface area contributed by atoms with Gasteiger partial charge in [0.1, 0.15) is 0 Å². The second kappa shape index (κ2) is 11.4. The minimum atomic E-state index is -0.527. The average Bonchev–Trinajstić information content (AvgIpc) is 2.94. The summed E-state index contributed by atoms with van der Waals surface area (Å²) in [5.41, 5.74) is 1.30. The van der Waals surface area contributed by atoms with Gasteiger partial charge in [-0.25, -0.2) is 14.2 Å². The predicted octanol–water partition coefficient (Wildman–Crippen LogP) is 3.88. The van der Waals surface area contributed by atoms with Crippen LogP contribution in [-0.2, 0) is 6.54 Å². The highest BCUT2D eigenvalue weighted by molar-refractivity contribution is 6.02. The highest BCUT2D eigenvalue weighted by Crippen LogP contribution is 2.18. The topological polar surface area (TPSA) is 118 Å². The van der Waals surface area contributed by atoms with E-state index < -0.39 is 17.3 Å². The first-order chi connectivity index (χ1) is 18.9. The van der Waals surface area contributed by atoms with Gasteiger partial charge in [-0.05, 0) is 75.3 Å². The van der Waals surface area contributed by atoms with Gasteiger partial charge in [0.25, 0.3) is 5.56 Å². The summed E-state index contributed by atoms with van der Waals surface area (Å²) in [6.07, 6.45) is 6.56. The standard InChI is InChI=1S/C29H30N6O4/c1-20(36)21-7-5-8-22(17-21)31-28(38)32-23-10-11-26-25(18-23)27(37)35(24-9-6-12-30-19-24)29(39)34(26)16-15-33-13-3-2-4-14-33/h5-12,17-19H,2-4,13-16H2,1H3,(H2,31,32,38). The fourth-order valence-corrected chi connectivity index (χ4v) is 4.92. The Balaban J connectivity index is 1.49. The molecule has 39 heavy (non-hydrogen) atoms. The van der Waals surface area contributed by atoms with Crippen molar-refractivity contribution in [2.45, 2.75) is 32.7 Å². The lowest BCUT2D eigenvalue weighted by Crippen LogP contribution is -2.41. The van der Waals surface area contributed by atoms with E-state index in [4.69, 9.17) is 0 Å². The fourth-order valence-electron chi connectivity index (χ4n) is 4.92. The lowest BCUT2D eigenvalue weighted by Gasteiger charge is -2.27. The van der Waals surface area contributed by atoms with E-state index in [1.807, 2.05) is 0 Å². The van der Waals surface area contributed by atoms with Gasteiger partial charge in [0.15, 0.2) is 5.78 Å². The van der Waals surface area contributed by atoms with Crippen LogP contribution in [0.3, 0.4) is 0 Å². The maximum atomic E-state index is 13.6. The van der Waals surface area contributed by atoms with Gasteiger partial charge in [-0.1, -0.05) is 18.6 Å². The van der Waals surface area contributed by atoms with Crippen LogP contribution in [0.5, 0.6) is 0 Å². The molecule has 2 aromatic carbocycles. The number of anilines is 2. The molecule has 3 heterocycles. The third kappa shape index (κ3) is 5.80.